The highest BCUT2D eigenvalue weighted by Gasteiger charge is 2.28. The number of rotatable bonds is 2. The first-order chi connectivity index (χ1) is 12.4. The number of fused-ring (bicyclic) bond motifs is 2. The molecule has 0 saturated heterocycles. The lowest BCUT2D eigenvalue weighted by Crippen LogP contribution is -2.25. The van der Waals surface area contributed by atoms with E-state index in [2.05, 4.69) is 49.5 Å². The van der Waals surface area contributed by atoms with Crippen LogP contribution < -0.4 is 0 Å². The highest BCUT2D eigenvalue weighted by molar-refractivity contribution is 5.98. The monoisotopic (exact) mass is 348 g/mol. The van der Waals surface area contributed by atoms with E-state index in [0.29, 0.717) is 13.1 Å². The topological polar surface area (TPSA) is 51.0 Å². The maximum atomic E-state index is 13.0. The third-order valence-corrected chi connectivity index (χ3v) is 4.97. The minimum absolute atomic E-state index is 0.0476. The molecule has 1 aliphatic heterocycles. The van der Waals surface area contributed by atoms with Gasteiger partial charge in [0.25, 0.3) is 5.91 Å². The number of hydrogen-bond acceptors (Lipinski definition) is 3. The summed E-state index contributed by atoms with van der Waals surface area (Å²) in [4.78, 5) is 24.0. The van der Waals surface area contributed by atoms with Gasteiger partial charge in [-0.25, -0.2) is 9.97 Å². The first-order valence-electron chi connectivity index (χ1n) is 9.10. The molecule has 26 heavy (non-hydrogen) atoms. The number of nitrogens with zero attached hydrogens (tertiary/aromatic N) is 4. The van der Waals surface area contributed by atoms with Crippen LogP contribution in [0.4, 0.5) is 0 Å². The second-order valence-corrected chi connectivity index (χ2v) is 7.95. The van der Waals surface area contributed by atoms with E-state index in [0.717, 1.165) is 40.1 Å². The molecule has 0 unspecified atom stereocenters. The molecule has 3 heterocycles. The number of carbonyl (C=O) groups excluding carboxylic acids is 1. The Balaban J connectivity index is 1.59. The highest BCUT2D eigenvalue weighted by atomic mass is 16.2. The molecule has 1 aromatic carbocycles. The SMILES string of the molecule is CCn1ccc2cc(C(=O)N3Cc4cnc(C(C)(C)C)nc4C3)ccc21. The molecule has 134 valence electrons. The van der Waals surface area contributed by atoms with Crippen LogP contribution in [0.3, 0.4) is 0 Å². The third-order valence-electron chi connectivity index (χ3n) is 4.97. The van der Waals surface area contributed by atoms with Crippen molar-refractivity contribution >= 4 is 16.8 Å². The Kier molecular flexibility index (Phi) is 3.83. The zero-order valence-electron chi connectivity index (χ0n) is 15.8. The standard InChI is InChI=1S/C21H24N4O/c1-5-24-9-8-14-10-15(6-7-18(14)24)19(26)25-12-16-11-22-20(21(2,3)4)23-17(16)13-25/h6-11H,5,12-13H2,1-4H3. The zero-order valence-corrected chi connectivity index (χ0v) is 15.8. The first kappa shape index (κ1) is 16.8. The number of carbonyl (C=O) groups is 1. The van der Waals surface area contributed by atoms with Gasteiger partial charge in [0.15, 0.2) is 0 Å². The maximum Gasteiger partial charge on any atom is 0.254 e. The van der Waals surface area contributed by atoms with Gasteiger partial charge in [-0.2, -0.15) is 0 Å². The normalized spacial score (nSPS) is 14.1. The van der Waals surface area contributed by atoms with Crippen molar-refractivity contribution in [3.63, 3.8) is 0 Å². The van der Waals surface area contributed by atoms with Crippen molar-refractivity contribution in [1.29, 1.82) is 0 Å². The largest absolute Gasteiger partial charge is 0.348 e. The van der Waals surface area contributed by atoms with E-state index in [-0.39, 0.29) is 11.3 Å². The number of aryl methyl sites for hydroxylation is 1. The van der Waals surface area contributed by atoms with Crippen LogP contribution >= 0.6 is 0 Å². The van der Waals surface area contributed by atoms with E-state index in [1.165, 1.54) is 0 Å². The average molecular weight is 348 g/mol. The van der Waals surface area contributed by atoms with E-state index >= 15 is 0 Å². The fourth-order valence-corrected chi connectivity index (χ4v) is 3.45. The lowest BCUT2D eigenvalue weighted by molar-refractivity contribution is 0.0750. The van der Waals surface area contributed by atoms with Crippen LogP contribution in [0.25, 0.3) is 10.9 Å². The Bertz CT molecular complexity index is 997. The summed E-state index contributed by atoms with van der Waals surface area (Å²) in [5.41, 5.74) is 3.81. The molecule has 0 aliphatic carbocycles. The molecule has 3 aromatic rings. The summed E-state index contributed by atoms with van der Waals surface area (Å²) in [6.07, 6.45) is 3.94. The van der Waals surface area contributed by atoms with E-state index in [1.54, 1.807) is 0 Å². The second-order valence-electron chi connectivity index (χ2n) is 7.95. The first-order valence-corrected chi connectivity index (χ1v) is 9.10. The van der Waals surface area contributed by atoms with Crippen LogP contribution in [0.15, 0.2) is 36.7 Å². The van der Waals surface area contributed by atoms with Crippen LogP contribution in [0.5, 0.6) is 0 Å². The fourth-order valence-electron chi connectivity index (χ4n) is 3.45. The van der Waals surface area contributed by atoms with Gasteiger partial charge >= 0.3 is 0 Å². The fraction of sp³-hybridized carbons (Fsp3) is 0.381. The molecule has 2 aromatic heterocycles. The molecule has 5 heteroatoms. The Hall–Kier alpha value is -2.69. The van der Waals surface area contributed by atoms with Crippen LogP contribution in [0.2, 0.25) is 0 Å². The molecule has 0 atom stereocenters. The molecule has 1 aliphatic rings. The quantitative estimate of drug-likeness (QED) is 0.706. The lowest BCUT2D eigenvalue weighted by atomic mass is 9.95. The van der Waals surface area contributed by atoms with Gasteiger partial charge < -0.3 is 9.47 Å². The minimum atomic E-state index is -0.0933. The molecule has 0 radical (unpaired) electrons. The Labute approximate surface area is 153 Å². The Morgan fingerprint density at radius 3 is 2.73 bits per heavy atom. The van der Waals surface area contributed by atoms with Crippen molar-refractivity contribution in [2.45, 2.75) is 52.7 Å². The van der Waals surface area contributed by atoms with Crippen molar-refractivity contribution in [3.8, 4) is 0 Å². The van der Waals surface area contributed by atoms with Crippen LogP contribution in [-0.2, 0) is 25.0 Å². The molecule has 4 rings (SSSR count). The predicted molar refractivity (Wildman–Crippen MR) is 102 cm³/mol. The summed E-state index contributed by atoms with van der Waals surface area (Å²) in [5.74, 6) is 0.874. The highest BCUT2D eigenvalue weighted by Crippen LogP contribution is 2.26. The number of hydrogen-bond donors (Lipinski definition) is 0. The van der Waals surface area contributed by atoms with E-state index in [1.807, 2.05) is 29.3 Å². The third kappa shape index (κ3) is 2.77. The summed E-state index contributed by atoms with van der Waals surface area (Å²) in [7, 11) is 0. The van der Waals surface area contributed by atoms with Crippen molar-refractivity contribution in [1.82, 2.24) is 19.4 Å². The van der Waals surface area contributed by atoms with Gasteiger partial charge in [-0.1, -0.05) is 20.8 Å². The molecule has 0 N–H and O–H groups in total. The summed E-state index contributed by atoms with van der Waals surface area (Å²) >= 11 is 0. The molecule has 5 nitrogen and oxygen atoms in total. The average Bonchev–Trinajstić information content (AvgIpc) is 3.22. The summed E-state index contributed by atoms with van der Waals surface area (Å²) < 4.78 is 2.18. The predicted octanol–water partition coefficient (Wildman–Crippen LogP) is 3.90. The van der Waals surface area contributed by atoms with Crippen molar-refractivity contribution < 1.29 is 4.79 Å². The summed E-state index contributed by atoms with van der Waals surface area (Å²) in [6.45, 7) is 10.5. The summed E-state index contributed by atoms with van der Waals surface area (Å²) in [6, 6.07) is 8.01. The minimum Gasteiger partial charge on any atom is -0.348 e. The van der Waals surface area contributed by atoms with Gasteiger partial charge in [0, 0.05) is 52.9 Å². The van der Waals surface area contributed by atoms with Gasteiger partial charge in [0.2, 0.25) is 0 Å². The van der Waals surface area contributed by atoms with Crippen molar-refractivity contribution in [2.24, 2.45) is 0 Å². The lowest BCUT2D eigenvalue weighted by Gasteiger charge is -2.16. The molecular weight excluding hydrogens is 324 g/mol. The van der Waals surface area contributed by atoms with Gasteiger partial charge in [0.1, 0.15) is 5.82 Å². The van der Waals surface area contributed by atoms with Gasteiger partial charge in [-0.05, 0) is 31.2 Å². The second kappa shape index (κ2) is 5.94. The molecule has 0 spiro atoms. The molecule has 0 bridgehead atoms. The summed E-state index contributed by atoms with van der Waals surface area (Å²) in [5, 5.41) is 1.10. The van der Waals surface area contributed by atoms with Crippen LogP contribution in [-0.4, -0.2) is 25.3 Å². The van der Waals surface area contributed by atoms with Crippen LogP contribution in [0, 0.1) is 0 Å². The molecular formula is C21H24N4O. The van der Waals surface area contributed by atoms with Crippen molar-refractivity contribution in [3.05, 3.63) is 59.3 Å². The number of aromatic nitrogens is 3. The van der Waals surface area contributed by atoms with Gasteiger partial charge in [-0.3, -0.25) is 4.79 Å². The van der Waals surface area contributed by atoms with Gasteiger partial charge in [-0.15, -0.1) is 0 Å². The number of benzene rings is 1. The molecule has 0 fully saturated rings. The van der Waals surface area contributed by atoms with Crippen LogP contribution in [0.1, 0.15) is 55.1 Å². The van der Waals surface area contributed by atoms with E-state index in [9.17, 15) is 4.79 Å². The zero-order chi connectivity index (χ0) is 18.5. The van der Waals surface area contributed by atoms with E-state index in [4.69, 9.17) is 4.98 Å². The van der Waals surface area contributed by atoms with Crippen molar-refractivity contribution in [2.75, 3.05) is 0 Å². The smallest absolute Gasteiger partial charge is 0.254 e. The van der Waals surface area contributed by atoms with E-state index < -0.39 is 0 Å². The number of amides is 1. The Morgan fingerprint density at radius 1 is 1.19 bits per heavy atom. The van der Waals surface area contributed by atoms with Gasteiger partial charge in [0.05, 0.1) is 12.2 Å². The molecule has 0 saturated carbocycles. The maximum absolute atomic E-state index is 13.0. The molecule has 1 amide bonds. The Morgan fingerprint density at radius 2 is 2.00 bits per heavy atom.